The molecule has 0 bridgehead atoms. The number of amides is 1. The first-order valence-electron chi connectivity index (χ1n) is 5.34. The third kappa shape index (κ3) is 9.62. The Morgan fingerprint density at radius 1 is 1.29 bits per heavy atom. The lowest BCUT2D eigenvalue weighted by atomic mass is 10.0. The first kappa shape index (κ1) is 18.1. The van der Waals surface area contributed by atoms with Gasteiger partial charge in [0.25, 0.3) is 0 Å². The molecule has 17 heavy (non-hydrogen) atoms. The molecule has 0 aromatic heterocycles. The monoisotopic (exact) mass is 249 g/mol. The molecule has 0 rings (SSSR count). The molecule has 0 fully saturated rings. The third-order valence-electron chi connectivity index (χ3n) is 1.70. The van der Waals surface area contributed by atoms with Crippen LogP contribution in [-0.2, 0) is 9.53 Å². The lowest BCUT2D eigenvalue weighted by molar-refractivity contribution is -0.139. The number of carbonyl (C=O) groups is 2. The molecule has 102 valence electrons. The zero-order valence-corrected chi connectivity index (χ0v) is 11.0. The maximum Gasteiger partial charge on any atom is 0.408 e. The topological polar surface area (TPSA) is 107 Å². The minimum Gasteiger partial charge on any atom is -0.480 e. The molecule has 1 atom stereocenters. The van der Waals surface area contributed by atoms with Crippen LogP contribution in [0.5, 0.6) is 0 Å². The van der Waals surface area contributed by atoms with E-state index in [4.69, 9.17) is 9.84 Å². The molecule has 6 heteroatoms. The Balaban J connectivity index is 0. The lowest BCUT2D eigenvalue weighted by Gasteiger charge is -2.22. The third-order valence-corrected chi connectivity index (χ3v) is 1.70. The molecule has 0 saturated carbocycles. The van der Waals surface area contributed by atoms with Crippen molar-refractivity contribution in [2.75, 3.05) is 0 Å². The van der Waals surface area contributed by atoms with Crippen LogP contribution in [-0.4, -0.2) is 34.3 Å². The predicted octanol–water partition coefficient (Wildman–Crippen LogP) is 1.19. The van der Waals surface area contributed by atoms with Gasteiger partial charge in [0.15, 0.2) is 0 Å². The molecule has 1 unspecified atom stereocenters. The van der Waals surface area contributed by atoms with E-state index in [1.165, 1.54) is 0 Å². The van der Waals surface area contributed by atoms with Crippen molar-refractivity contribution in [3.63, 3.8) is 0 Å². The summed E-state index contributed by atoms with van der Waals surface area (Å²) < 4.78 is 4.99. The van der Waals surface area contributed by atoms with E-state index in [-0.39, 0.29) is 11.4 Å². The van der Waals surface area contributed by atoms with E-state index in [1.54, 1.807) is 20.8 Å². The number of carboxylic acid groups (broad SMARTS) is 1. The summed E-state index contributed by atoms with van der Waals surface area (Å²) in [5, 5.41) is 11.2. The number of carbonyl (C=O) groups excluding carboxylic acids is 1. The Bertz CT molecular complexity index is 257. The van der Waals surface area contributed by atoms with Crippen LogP contribution in [0.3, 0.4) is 0 Å². The summed E-state index contributed by atoms with van der Waals surface area (Å²) in [6.07, 6.45) is -0.310. The summed E-state index contributed by atoms with van der Waals surface area (Å²) in [7, 11) is 0. The number of hydrogen-bond acceptors (Lipinski definition) is 3. The van der Waals surface area contributed by atoms with E-state index in [2.05, 4.69) is 5.32 Å². The van der Waals surface area contributed by atoms with Crippen LogP contribution in [0.25, 0.3) is 0 Å². The number of alkyl carbamates (subject to hydrolysis) is 1. The first-order valence-corrected chi connectivity index (χ1v) is 5.34. The number of ether oxygens (including phenoxy) is 1. The Kier molecular flexibility index (Phi) is 7.56. The van der Waals surface area contributed by atoms with Crippen molar-refractivity contribution in [2.45, 2.75) is 52.7 Å². The summed E-state index contributed by atoms with van der Waals surface area (Å²) in [4.78, 5) is 22.2. The van der Waals surface area contributed by atoms with Crippen molar-refractivity contribution in [3.05, 3.63) is 0 Å². The Labute approximate surface area is 102 Å². The Morgan fingerprint density at radius 2 is 1.76 bits per heavy atom. The molecular formula is C11H23NO5. The molecule has 0 aliphatic rings. The zero-order valence-electron chi connectivity index (χ0n) is 11.0. The lowest BCUT2D eigenvalue weighted by Crippen LogP contribution is -2.44. The predicted molar refractivity (Wildman–Crippen MR) is 63.9 cm³/mol. The van der Waals surface area contributed by atoms with Gasteiger partial charge in [0.2, 0.25) is 0 Å². The van der Waals surface area contributed by atoms with Gasteiger partial charge < -0.3 is 20.6 Å². The fourth-order valence-electron chi connectivity index (χ4n) is 1.14. The summed E-state index contributed by atoms with van der Waals surface area (Å²) in [6.45, 7) is 8.97. The summed E-state index contributed by atoms with van der Waals surface area (Å²) >= 11 is 0. The Hall–Kier alpha value is -1.30. The molecule has 0 heterocycles. The average molecular weight is 249 g/mol. The van der Waals surface area contributed by atoms with Crippen LogP contribution in [0.4, 0.5) is 4.79 Å². The second kappa shape index (κ2) is 7.11. The molecule has 0 aliphatic heterocycles. The summed E-state index contributed by atoms with van der Waals surface area (Å²) in [6, 6.07) is -0.894. The van der Waals surface area contributed by atoms with Gasteiger partial charge in [-0.05, 0) is 33.1 Å². The molecule has 0 radical (unpaired) electrons. The molecule has 0 aromatic carbocycles. The van der Waals surface area contributed by atoms with Crippen LogP contribution < -0.4 is 5.32 Å². The van der Waals surface area contributed by atoms with Crippen molar-refractivity contribution in [1.82, 2.24) is 5.32 Å². The fourth-order valence-corrected chi connectivity index (χ4v) is 1.14. The molecule has 0 aromatic rings. The van der Waals surface area contributed by atoms with Crippen molar-refractivity contribution >= 4 is 12.1 Å². The Morgan fingerprint density at radius 3 is 2.06 bits per heavy atom. The molecule has 4 N–H and O–H groups in total. The van der Waals surface area contributed by atoms with Gasteiger partial charge in [-0.3, -0.25) is 0 Å². The zero-order chi connectivity index (χ0) is 12.9. The molecule has 6 nitrogen and oxygen atoms in total. The molecule has 0 spiro atoms. The van der Waals surface area contributed by atoms with Gasteiger partial charge in [-0.2, -0.15) is 0 Å². The highest BCUT2D eigenvalue weighted by molar-refractivity contribution is 5.79. The second-order valence-corrected chi connectivity index (χ2v) is 5.17. The van der Waals surface area contributed by atoms with Crippen LogP contribution in [0.2, 0.25) is 0 Å². The minimum atomic E-state index is -1.04. The van der Waals surface area contributed by atoms with E-state index in [0.29, 0.717) is 6.42 Å². The standard InChI is InChI=1S/C11H21NO4.H2O/c1-7(2)6-8(9(13)14)12-10(15)16-11(3,4)5;/h7-8H,6H2,1-5H3,(H,12,15)(H,13,14);1H2. The average Bonchev–Trinajstić information content (AvgIpc) is 1.97. The maximum atomic E-state index is 11.4. The van der Waals surface area contributed by atoms with Crippen LogP contribution in [0.15, 0.2) is 0 Å². The van der Waals surface area contributed by atoms with Crippen molar-refractivity contribution < 1.29 is 24.9 Å². The van der Waals surface area contributed by atoms with E-state index < -0.39 is 23.7 Å². The van der Waals surface area contributed by atoms with Crippen LogP contribution in [0, 0.1) is 5.92 Å². The van der Waals surface area contributed by atoms with Gasteiger partial charge in [-0.25, -0.2) is 9.59 Å². The van der Waals surface area contributed by atoms with E-state index in [1.807, 2.05) is 13.8 Å². The van der Waals surface area contributed by atoms with Gasteiger partial charge in [-0.15, -0.1) is 0 Å². The van der Waals surface area contributed by atoms with E-state index in [9.17, 15) is 9.59 Å². The second-order valence-electron chi connectivity index (χ2n) is 5.17. The molecule has 0 saturated heterocycles. The number of carboxylic acids is 1. The van der Waals surface area contributed by atoms with Crippen molar-refractivity contribution in [3.8, 4) is 0 Å². The van der Waals surface area contributed by atoms with Crippen LogP contribution >= 0.6 is 0 Å². The molecule has 1 amide bonds. The highest BCUT2D eigenvalue weighted by Gasteiger charge is 2.24. The van der Waals surface area contributed by atoms with Gasteiger partial charge >= 0.3 is 12.1 Å². The van der Waals surface area contributed by atoms with E-state index >= 15 is 0 Å². The maximum absolute atomic E-state index is 11.4. The summed E-state index contributed by atoms with van der Waals surface area (Å²) in [5.74, 6) is -0.851. The van der Waals surface area contributed by atoms with Gasteiger partial charge in [0, 0.05) is 0 Å². The number of nitrogens with one attached hydrogen (secondary N) is 1. The van der Waals surface area contributed by atoms with E-state index in [0.717, 1.165) is 0 Å². The molecule has 0 aliphatic carbocycles. The highest BCUT2D eigenvalue weighted by atomic mass is 16.6. The van der Waals surface area contributed by atoms with Gasteiger partial charge in [-0.1, -0.05) is 13.8 Å². The first-order chi connectivity index (χ1) is 7.11. The largest absolute Gasteiger partial charge is 0.480 e. The van der Waals surface area contributed by atoms with Crippen LogP contribution in [0.1, 0.15) is 41.0 Å². The highest BCUT2D eigenvalue weighted by Crippen LogP contribution is 2.09. The fraction of sp³-hybridized carbons (Fsp3) is 0.818. The quantitative estimate of drug-likeness (QED) is 0.780. The SMILES string of the molecule is CC(C)CC(NC(=O)OC(C)(C)C)C(=O)O.O. The van der Waals surface area contributed by atoms with Crippen molar-refractivity contribution in [1.29, 1.82) is 0 Å². The smallest absolute Gasteiger partial charge is 0.408 e. The van der Waals surface area contributed by atoms with Gasteiger partial charge in [0.05, 0.1) is 0 Å². The number of hydrogen-bond donors (Lipinski definition) is 2. The van der Waals surface area contributed by atoms with Gasteiger partial charge in [0.1, 0.15) is 11.6 Å². The number of rotatable bonds is 4. The normalized spacial score (nSPS) is 12.6. The summed E-state index contributed by atoms with van der Waals surface area (Å²) in [5.41, 5.74) is -0.620. The molecular weight excluding hydrogens is 226 g/mol. The van der Waals surface area contributed by atoms with Crippen molar-refractivity contribution in [2.24, 2.45) is 5.92 Å². The number of aliphatic carboxylic acids is 1. The minimum absolute atomic E-state index is 0.